The fourth-order valence-corrected chi connectivity index (χ4v) is 2.76. The lowest BCUT2D eigenvalue weighted by Crippen LogP contribution is -2.43. The zero-order valence-electron chi connectivity index (χ0n) is 11.5. The molecule has 1 saturated heterocycles. The van der Waals surface area contributed by atoms with Crippen LogP contribution in [0.5, 0.6) is 0 Å². The number of aliphatic hydroxyl groups is 2. The number of amides is 1. The van der Waals surface area contributed by atoms with Crippen LogP contribution in [-0.2, 0) is 4.79 Å². The summed E-state index contributed by atoms with van der Waals surface area (Å²) in [5, 5.41) is 20.3. The molecule has 1 heterocycles. The minimum atomic E-state index is -0.951. The summed E-state index contributed by atoms with van der Waals surface area (Å²) >= 11 is 5.84. The lowest BCUT2D eigenvalue weighted by molar-refractivity contribution is -0.141. The summed E-state index contributed by atoms with van der Waals surface area (Å²) in [7, 11) is 0. The van der Waals surface area contributed by atoms with Crippen LogP contribution in [0.3, 0.4) is 0 Å². The van der Waals surface area contributed by atoms with E-state index < -0.39 is 12.2 Å². The molecular weight excluding hydrogens is 278 g/mol. The SMILES string of the molecule is CC(O)C(=O)N1CCC(C(O)c2ccc(Cl)cc2)CC1. The average Bonchev–Trinajstić information content (AvgIpc) is 2.46. The van der Waals surface area contributed by atoms with Gasteiger partial charge in [-0.05, 0) is 43.4 Å². The predicted octanol–water partition coefficient (Wildman–Crippen LogP) is 1.99. The second kappa shape index (κ2) is 6.57. The largest absolute Gasteiger partial charge is 0.388 e. The molecule has 1 aromatic rings. The zero-order valence-corrected chi connectivity index (χ0v) is 12.3. The highest BCUT2D eigenvalue weighted by Gasteiger charge is 2.29. The molecule has 1 aromatic carbocycles. The van der Waals surface area contributed by atoms with Crippen LogP contribution in [-0.4, -0.2) is 40.2 Å². The van der Waals surface area contributed by atoms with Crippen LogP contribution < -0.4 is 0 Å². The van der Waals surface area contributed by atoms with Crippen molar-refractivity contribution in [1.82, 2.24) is 4.90 Å². The van der Waals surface area contributed by atoms with Crippen LogP contribution in [0.15, 0.2) is 24.3 Å². The van der Waals surface area contributed by atoms with Crippen molar-refractivity contribution in [3.05, 3.63) is 34.9 Å². The van der Waals surface area contributed by atoms with Gasteiger partial charge >= 0.3 is 0 Å². The van der Waals surface area contributed by atoms with Gasteiger partial charge in [0.25, 0.3) is 5.91 Å². The summed E-state index contributed by atoms with van der Waals surface area (Å²) in [5.74, 6) is -0.0985. The van der Waals surface area contributed by atoms with Gasteiger partial charge in [-0.1, -0.05) is 23.7 Å². The van der Waals surface area contributed by atoms with Crippen molar-refractivity contribution in [2.24, 2.45) is 5.92 Å². The maximum Gasteiger partial charge on any atom is 0.251 e. The highest BCUT2D eigenvalue weighted by Crippen LogP contribution is 2.31. The Kier molecular flexibility index (Phi) is 5.02. The van der Waals surface area contributed by atoms with E-state index >= 15 is 0 Å². The Morgan fingerprint density at radius 3 is 2.30 bits per heavy atom. The monoisotopic (exact) mass is 297 g/mol. The van der Waals surface area contributed by atoms with Gasteiger partial charge in [0.15, 0.2) is 0 Å². The first kappa shape index (κ1) is 15.3. The van der Waals surface area contributed by atoms with Gasteiger partial charge in [0.05, 0.1) is 6.10 Å². The van der Waals surface area contributed by atoms with Crippen molar-refractivity contribution in [2.75, 3.05) is 13.1 Å². The number of rotatable bonds is 3. The fraction of sp³-hybridized carbons (Fsp3) is 0.533. The number of piperidine rings is 1. The Labute approximate surface area is 124 Å². The van der Waals surface area contributed by atoms with Gasteiger partial charge < -0.3 is 15.1 Å². The quantitative estimate of drug-likeness (QED) is 0.897. The fourth-order valence-electron chi connectivity index (χ4n) is 2.63. The molecular formula is C15H20ClNO3. The molecule has 1 aliphatic rings. The van der Waals surface area contributed by atoms with Crippen molar-refractivity contribution < 1.29 is 15.0 Å². The van der Waals surface area contributed by atoms with E-state index in [1.165, 1.54) is 6.92 Å². The molecule has 0 bridgehead atoms. The third kappa shape index (κ3) is 3.51. The third-order valence-electron chi connectivity index (χ3n) is 3.87. The van der Waals surface area contributed by atoms with Crippen molar-refractivity contribution in [2.45, 2.75) is 32.0 Å². The lowest BCUT2D eigenvalue weighted by Gasteiger charge is -2.35. The average molecular weight is 298 g/mol. The van der Waals surface area contributed by atoms with E-state index in [9.17, 15) is 15.0 Å². The highest BCUT2D eigenvalue weighted by molar-refractivity contribution is 6.30. The van der Waals surface area contributed by atoms with Crippen LogP contribution in [0.2, 0.25) is 5.02 Å². The number of likely N-dealkylation sites (tertiary alicyclic amines) is 1. The zero-order chi connectivity index (χ0) is 14.7. The van der Waals surface area contributed by atoms with Crippen LogP contribution in [0.25, 0.3) is 0 Å². The molecule has 0 saturated carbocycles. The van der Waals surface area contributed by atoms with Crippen LogP contribution in [0.1, 0.15) is 31.4 Å². The van der Waals surface area contributed by atoms with Gasteiger partial charge in [-0.2, -0.15) is 0 Å². The van der Waals surface area contributed by atoms with Gasteiger partial charge in [-0.25, -0.2) is 0 Å². The first-order valence-corrected chi connectivity index (χ1v) is 7.27. The molecule has 2 atom stereocenters. The molecule has 1 fully saturated rings. The van der Waals surface area contributed by atoms with E-state index in [4.69, 9.17) is 11.6 Å². The van der Waals surface area contributed by atoms with E-state index in [-0.39, 0.29) is 11.8 Å². The molecule has 2 N–H and O–H groups in total. The number of aliphatic hydroxyl groups excluding tert-OH is 2. The molecule has 2 rings (SSSR count). The Bertz CT molecular complexity index is 453. The van der Waals surface area contributed by atoms with Crippen LogP contribution in [0, 0.1) is 5.92 Å². The standard InChI is InChI=1S/C15H20ClNO3/c1-10(18)15(20)17-8-6-12(7-9-17)14(19)11-2-4-13(16)5-3-11/h2-5,10,12,14,18-19H,6-9H2,1H3. The van der Waals surface area contributed by atoms with Crippen molar-refractivity contribution in [3.8, 4) is 0 Å². The number of halogens is 1. The molecule has 20 heavy (non-hydrogen) atoms. The van der Waals surface area contributed by atoms with E-state index in [1.54, 1.807) is 17.0 Å². The van der Waals surface area contributed by atoms with Gasteiger partial charge in [0.1, 0.15) is 6.10 Å². The molecule has 1 aliphatic heterocycles. The second-order valence-electron chi connectivity index (χ2n) is 5.34. The number of hydrogen-bond donors (Lipinski definition) is 2. The molecule has 0 aromatic heterocycles. The Morgan fingerprint density at radius 2 is 1.80 bits per heavy atom. The molecule has 0 aliphatic carbocycles. The van der Waals surface area contributed by atoms with Gasteiger partial charge in [-0.15, -0.1) is 0 Å². The lowest BCUT2D eigenvalue weighted by atomic mass is 9.87. The Hall–Kier alpha value is -1.10. The number of carbonyl (C=O) groups is 1. The van der Waals surface area contributed by atoms with Crippen molar-refractivity contribution >= 4 is 17.5 Å². The van der Waals surface area contributed by atoms with Crippen molar-refractivity contribution in [1.29, 1.82) is 0 Å². The third-order valence-corrected chi connectivity index (χ3v) is 4.12. The first-order valence-electron chi connectivity index (χ1n) is 6.89. The van der Waals surface area contributed by atoms with Gasteiger partial charge in [0, 0.05) is 18.1 Å². The summed E-state index contributed by atoms with van der Waals surface area (Å²) in [6.07, 6.45) is -0.00589. The molecule has 1 amide bonds. The normalized spacial score (nSPS) is 19.7. The summed E-state index contributed by atoms with van der Waals surface area (Å²) in [6, 6.07) is 7.21. The van der Waals surface area contributed by atoms with E-state index in [0.29, 0.717) is 18.1 Å². The van der Waals surface area contributed by atoms with Crippen molar-refractivity contribution in [3.63, 3.8) is 0 Å². The molecule has 2 unspecified atom stereocenters. The summed E-state index contributed by atoms with van der Waals surface area (Å²) in [5.41, 5.74) is 0.856. The number of carbonyl (C=O) groups excluding carboxylic acids is 1. The molecule has 0 radical (unpaired) electrons. The van der Waals surface area contributed by atoms with E-state index in [0.717, 1.165) is 18.4 Å². The highest BCUT2D eigenvalue weighted by atomic mass is 35.5. The van der Waals surface area contributed by atoms with E-state index in [1.807, 2.05) is 12.1 Å². The minimum absolute atomic E-state index is 0.134. The van der Waals surface area contributed by atoms with Crippen LogP contribution in [0.4, 0.5) is 0 Å². The van der Waals surface area contributed by atoms with Gasteiger partial charge in [0.2, 0.25) is 0 Å². The Balaban J connectivity index is 1.93. The maximum absolute atomic E-state index is 11.7. The topological polar surface area (TPSA) is 60.8 Å². The number of nitrogens with zero attached hydrogens (tertiary/aromatic N) is 1. The second-order valence-corrected chi connectivity index (χ2v) is 5.77. The summed E-state index contributed by atoms with van der Waals surface area (Å²) in [4.78, 5) is 13.3. The summed E-state index contributed by atoms with van der Waals surface area (Å²) < 4.78 is 0. The maximum atomic E-state index is 11.7. The molecule has 0 spiro atoms. The smallest absolute Gasteiger partial charge is 0.251 e. The van der Waals surface area contributed by atoms with Gasteiger partial charge in [-0.3, -0.25) is 4.79 Å². The predicted molar refractivity (Wildman–Crippen MR) is 77.4 cm³/mol. The molecule has 5 heteroatoms. The molecule has 4 nitrogen and oxygen atoms in total. The Morgan fingerprint density at radius 1 is 1.25 bits per heavy atom. The summed E-state index contributed by atoms with van der Waals surface area (Å²) in [6.45, 7) is 2.65. The van der Waals surface area contributed by atoms with E-state index in [2.05, 4.69) is 0 Å². The van der Waals surface area contributed by atoms with Crippen LogP contribution >= 0.6 is 11.6 Å². The molecule has 110 valence electrons. The number of benzene rings is 1. The minimum Gasteiger partial charge on any atom is -0.388 e. The first-order chi connectivity index (χ1) is 9.49. The number of hydrogen-bond acceptors (Lipinski definition) is 3.